The molecule has 1 atom stereocenters. The van der Waals surface area contributed by atoms with Gasteiger partial charge in [0.25, 0.3) is 0 Å². The fourth-order valence-corrected chi connectivity index (χ4v) is 4.80. The predicted octanol–water partition coefficient (Wildman–Crippen LogP) is 4.72. The van der Waals surface area contributed by atoms with E-state index in [0.717, 1.165) is 33.7 Å². The smallest absolute Gasteiger partial charge is 0.131 e. The summed E-state index contributed by atoms with van der Waals surface area (Å²) in [4.78, 5) is 2.11. The molecule has 1 unspecified atom stereocenters. The Morgan fingerprint density at radius 3 is 2.37 bits per heavy atom. The first-order chi connectivity index (χ1) is 16.7. The van der Waals surface area contributed by atoms with Gasteiger partial charge >= 0.3 is 0 Å². The van der Waals surface area contributed by atoms with E-state index in [-0.39, 0.29) is 12.4 Å². The molecular weight excluding hydrogens is 443 g/mol. The molecule has 1 aliphatic heterocycles. The van der Waals surface area contributed by atoms with Gasteiger partial charge in [-0.15, -0.1) is 0 Å². The van der Waals surface area contributed by atoms with E-state index in [4.69, 9.17) is 10.5 Å². The second kappa shape index (κ2) is 10.4. The first kappa shape index (κ1) is 25.2. The lowest BCUT2D eigenvalue weighted by Crippen LogP contribution is -2.46. The molecule has 0 radical (unpaired) electrons. The molecule has 1 aliphatic rings. The molecule has 6 heteroatoms. The number of piperidine rings is 1. The SMILES string of the molecule is Cc1cc(OCC(O)CN2CCC(O)(c3ccc(-c4ccccc4)c(F)c3)CC2)c(C)c(C)c1N. The predicted molar refractivity (Wildman–Crippen MR) is 138 cm³/mol. The van der Waals surface area contributed by atoms with Crippen LogP contribution in [0, 0.1) is 26.6 Å². The molecule has 186 valence electrons. The van der Waals surface area contributed by atoms with Crippen LogP contribution in [-0.4, -0.2) is 47.5 Å². The van der Waals surface area contributed by atoms with E-state index in [9.17, 15) is 14.6 Å². The number of aliphatic hydroxyl groups excluding tert-OH is 1. The summed E-state index contributed by atoms with van der Waals surface area (Å²) < 4.78 is 20.8. The number of aryl methyl sites for hydroxylation is 1. The Hall–Kier alpha value is -2.93. The highest BCUT2D eigenvalue weighted by molar-refractivity contribution is 5.64. The van der Waals surface area contributed by atoms with E-state index in [1.807, 2.05) is 63.2 Å². The number of rotatable bonds is 7. The number of benzene rings is 3. The number of likely N-dealkylation sites (tertiary alicyclic amines) is 1. The van der Waals surface area contributed by atoms with Crippen LogP contribution in [0.1, 0.15) is 35.1 Å². The first-order valence-electron chi connectivity index (χ1n) is 12.2. The largest absolute Gasteiger partial charge is 0.491 e. The van der Waals surface area contributed by atoms with Crippen molar-refractivity contribution in [1.29, 1.82) is 0 Å². The van der Waals surface area contributed by atoms with Crippen LogP contribution in [0.25, 0.3) is 11.1 Å². The van der Waals surface area contributed by atoms with E-state index < -0.39 is 11.7 Å². The standard InChI is InChI=1S/C29H35FN2O3/c1-19-15-27(20(2)21(3)28(19)31)35-18-24(33)17-32-13-11-29(34,12-14-32)23-9-10-25(26(30)16-23)22-7-5-4-6-8-22/h4-10,15-16,24,33-34H,11-14,17-18,31H2,1-3H3. The number of hydrogen-bond donors (Lipinski definition) is 3. The average molecular weight is 479 g/mol. The Morgan fingerprint density at radius 1 is 1.03 bits per heavy atom. The van der Waals surface area contributed by atoms with Gasteiger partial charge in [-0.2, -0.15) is 0 Å². The zero-order valence-electron chi connectivity index (χ0n) is 20.7. The van der Waals surface area contributed by atoms with E-state index in [1.165, 1.54) is 6.07 Å². The van der Waals surface area contributed by atoms with E-state index in [0.29, 0.717) is 43.6 Å². The third-order valence-electron chi connectivity index (χ3n) is 7.28. The molecule has 0 aromatic heterocycles. The fourth-order valence-electron chi connectivity index (χ4n) is 4.80. The number of aliphatic hydroxyl groups is 2. The van der Waals surface area contributed by atoms with Crippen molar-refractivity contribution in [3.63, 3.8) is 0 Å². The minimum Gasteiger partial charge on any atom is -0.491 e. The summed E-state index contributed by atoms with van der Waals surface area (Å²) in [6.45, 7) is 7.72. The van der Waals surface area contributed by atoms with Crippen molar-refractivity contribution in [2.45, 2.75) is 45.3 Å². The van der Waals surface area contributed by atoms with Crippen LogP contribution in [0.2, 0.25) is 0 Å². The quantitative estimate of drug-likeness (QED) is 0.428. The molecule has 1 saturated heterocycles. The van der Waals surface area contributed by atoms with Crippen molar-refractivity contribution in [2.24, 2.45) is 0 Å². The molecule has 4 N–H and O–H groups in total. The van der Waals surface area contributed by atoms with Crippen LogP contribution in [0.5, 0.6) is 5.75 Å². The fraction of sp³-hybridized carbons (Fsp3) is 0.379. The topological polar surface area (TPSA) is 79.0 Å². The molecule has 0 aliphatic carbocycles. The molecule has 0 bridgehead atoms. The average Bonchev–Trinajstić information content (AvgIpc) is 2.86. The maximum Gasteiger partial charge on any atom is 0.131 e. The number of hydrogen-bond acceptors (Lipinski definition) is 5. The summed E-state index contributed by atoms with van der Waals surface area (Å²) >= 11 is 0. The Labute approximate surface area is 207 Å². The van der Waals surface area contributed by atoms with Crippen LogP contribution in [0.3, 0.4) is 0 Å². The molecule has 35 heavy (non-hydrogen) atoms. The van der Waals surface area contributed by atoms with Crippen molar-refractivity contribution >= 4 is 5.69 Å². The third kappa shape index (κ3) is 5.50. The Balaban J connectivity index is 1.32. The van der Waals surface area contributed by atoms with E-state index in [2.05, 4.69) is 4.90 Å². The highest BCUT2D eigenvalue weighted by Gasteiger charge is 2.35. The summed E-state index contributed by atoms with van der Waals surface area (Å²) in [6.07, 6.45) is 0.279. The second-order valence-corrected chi connectivity index (χ2v) is 9.71. The van der Waals surface area contributed by atoms with Crippen molar-refractivity contribution in [3.05, 3.63) is 82.7 Å². The van der Waals surface area contributed by atoms with Crippen LogP contribution in [-0.2, 0) is 5.60 Å². The van der Waals surface area contributed by atoms with Gasteiger partial charge < -0.3 is 25.6 Å². The molecule has 4 rings (SSSR count). The lowest BCUT2D eigenvalue weighted by atomic mass is 9.83. The molecule has 1 heterocycles. The van der Waals surface area contributed by atoms with Gasteiger partial charge in [-0.3, -0.25) is 0 Å². The lowest BCUT2D eigenvalue weighted by Gasteiger charge is -2.39. The molecule has 0 amide bonds. The van der Waals surface area contributed by atoms with Gasteiger partial charge in [0.05, 0.1) is 5.60 Å². The van der Waals surface area contributed by atoms with Gasteiger partial charge in [-0.25, -0.2) is 4.39 Å². The van der Waals surface area contributed by atoms with Gasteiger partial charge in [0.2, 0.25) is 0 Å². The maximum atomic E-state index is 14.9. The molecule has 3 aromatic rings. The van der Waals surface area contributed by atoms with Crippen LogP contribution in [0.15, 0.2) is 54.6 Å². The van der Waals surface area contributed by atoms with Gasteiger partial charge in [-0.1, -0.05) is 42.5 Å². The molecule has 0 spiro atoms. The Bertz CT molecular complexity index is 1170. The zero-order valence-corrected chi connectivity index (χ0v) is 20.7. The number of ether oxygens (including phenoxy) is 1. The Morgan fingerprint density at radius 2 is 1.71 bits per heavy atom. The van der Waals surface area contributed by atoms with Crippen molar-refractivity contribution in [2.75, 3.05) is 32.0 Å². The molecular formula is C29H35FN2O3. The van der Waals surface area contributed by atoms with Gasteiger partial charge in [0.1, 0.15) is 24.3 Å². The number of anilines is 1. The minimum absolute atomic E-state index is 0.177. The van der Waals surface area contributed by atoms with Crippen molar-refractivity contribution < 1.29 is 19.3 Å². The van der Waals surface area contributed by atoms with Gasteiger partial charge in [-0.05, 0) is 73.6 Å². The lowest BCUT2D eigenvalue weighted by molar-refractivity contribution is -0.0374. The highest BCUT2D eigenvalue weighted by atomic mass is 19.1. The van der Waals surface area contributed by atoms with E-state index >= 15 is 0 Å². The van der Waals surface area contributed by atoms with Crippen molar-refractivity contribution in [3.8, 4) is 16.9 Å². The number of nitrogen functional groups attached to an aromatic ring is 1. The summed E-state index contributed by atoms with van der Waals surface area (Å²) in [6, 6.07) is 16.3. The molecule has 5 nitrogen and oxygen atoms in total. The van der Waals surface area contributed by atoms with Crippen LogP contribution in [0.4, 0.5) is 10.1 Å². The number of halogens is 1. The van der Waals surface area contributed by atoms with Crippen LogP contribution < -0.4 is 10.5 Å². The third-order valence-corrected chi connectivity index (χ3v) is 7.28. The van der Waals surface area contributed by atoms with Gasteiger partial charge in [0, 0.05) is 30.9 Å². The first-order valence-corrected chi connectivity index (χ1v) is 12.2. The maximum absolute atomic E-state index is 14.9. The molecule has 1 fully saturated rings. The Kier molecular flexibility index (Phi) is 7.45. The van der Waals surface area contributed by atoms with E-state index in [1.54, 1.807) is 6.07 Å². The normalized spacial score (nSPS) is 16.7. The highest BCUT2D eigenvalue weighted by Crippen LogP contribution is 2.35. The minimum atomic E-state index is -1.08. The molecule has 0 saturated carbocycles. The second-order valence-electron chi connectivity index (χ2n) is 9.71. The summed E-state index contributed by atoms with van der Waals surface area (Å²) in [7, 11) is 0. The van der Waals surface area contributed by atoms with Gasteiger partial charge in [0.15, 0.2) is 0 Å². The number of nitrogens with zero attached hydrogens (tertiary/aromatic N) is 1. The van der Waals surface area contributed by atoms with Crippen LogP contribution >= 0.6 is 0 Å². The summed E-state index contributed by atoms with van der Waals surface area (Å²) in [5.41, 5.74) is 10.7. The summed E-state index contributed by atoms with van der Waals surface area (Å²) in [5.74, 6) is 0.405. The monoisotopic (exact) mass is 478 g/mol. The molecule has 3 aromatic carbocycles. The van der Waals surface area contributed by atoms with Crippen molar-refractivity contribution in [1.82, 2.24) is 4.90 Å². The number of β-amino-alcohol motifs (C(OH)–C–C–N with tert-alkyl or cyclic N) is 1. The number of nitrogens with two attached hydrogens (primary N) is 1. The zero-order chi connectivity index (χ0) is 25.2. The summed E-state index contributed by atoms with van der Waals surface area (Å²) in [5, 5.41) is 21.8.